The van der Waals surface area contributed by atoms with Gasteiger partial charge in [0.05, 0.1) is 24.7 Å². The highest BCUT2D eigenvalue weighted by Crippen LogP contribution is 2.39. The standard InChI is InChI=1S/C30H40N4O7/c1-16-23-15-34(24(16)28(36)37)27(35)25(30(2,3)4)33-29(38)41-22-13-17(22)9-7-6-8-10-20-26(40-23)32-21-14-18(39-5)11-12-19(21)31-20/h11-12,14,16-17,22-25H,6-10,13,15H2,1-5H3,(H,33,38)(H,36,37)/t16-,17-,22-,23+,24+,25-/m1/s1. The number of aromatic nitrogens is 2. The first-order chi connectivity index (χ1) is 19.5. The number of aliphatic carboxylic acids is 1. The number of carbonyl (C=O) groups excluding carboxylic acids is 2. The second-order valence-corrected chi connectivity index (χ2v) is 12.6. The van der Waals surface area contributed by atoms with Crippen LogP contribution in [0.2, 0.25) is 0 Å². The van der Waals surface area contributed by atoms with E-state index in [1.165, 1.54) is 4.90 Å². The fourth-order valence-electron chi connectivity index (χ4n) is 5.92. The molecule has 1 saturated heterocycles. The highest BCUT2D eigenvalue weighted by Gasteiger charge is 2.51. The van der Waals surface area contributed by atoms with Crippen molar-refractivity contribution in [3.05, 3.63) is 23.9 Å². The van der Waals surface area contributed by atoms with Crippen LogP contribution in [0.3, 0.4) is 0 Å². The van der Waals surface area contributed by atoms with Crippen molar-refractivity contribution in [2.75, 3.05) is 13.7 Å². The number of carbonyl (C=O) groups is 3. The van der Waals surface area contributed by atoms with Crippen molar-refractivity contribution in [1.29, 1.82) is 0 Å². The maximum absolute atomic E-state index is 13.9. The van der Waals surface area contributed by atoms with Crippen LogP contribution in [0.5, 0.6) is 11.6 Å². The third-order valence-corrected chi connectivity index (χ3v) is 8.48. The number of methoxy groups -OCH3 is 1. The Kier molecular flexibility index (Phi) is 7.98. The van der Waals surface area contributed by atoms with Gasteiger partial charge in [-0.1, -0.05) is 40.5 Å². The summed E-state index contributed by atoms with van der Waals surface area (Å²) in [4.78, 5) is 50.2. The van der Waals surface area contributed by atoms with E-state index in [2.05, 4.69) is 5.32 Å². The Bertz CT molecular complexity index is 1330. The average molecular weight is 569 g/mol. The minimum atomic E-state index is -1.14. The Labute approximate surface area is 239 Å². The van der Waals surface area contributed by atoms with Crippen LogP contribution in [-0.2, 0) is 20.7 Å². The average Bonchev–Trinajstić information content (AvgIpc) is 3.56. The van der Waals surface area contributed by atoms with Crippen molar-refractivity contribution < 1.29 is 33.7 Å². The number of nitrogens with one attached hydrogen (secondary N) is 1. The Morgan fingerprint density at radius 3 is 2.59 bits per heavy atom. The van der Waals surface area contributed by atoms with Crippen LogP contribution in [-0.4, -0.2) is 75.9 Å². The largest absolute Gasteiger partial charge is 0.497 e. The summed E-state index contributed by atoms with van der Waals surface area (Å²) in [6.07, 6.45) is 3.82. The van der Waals surface area contributed by atoms with E-state index in [1.54, 1.807) is 20.1 Å². The molecular formula is C30H40N4O7. The molecule has 3 heterocycles. The molecule has 2 N–H and O–H groups in total. The van der Waals surface area contributed by atoms with E-state index in [4.69, 9.17) is 24.2 Å². The van der Waals surface area contributed by atoms with Crippen molar-refractivity contribution >= 4 is 29.0 Å². The highest BCUT2D eigenvalue weighted by atomic mass is 16.6. The summed E-state index contributed by atoms with van der Waals surface area (Å²) in [5.41, 5.74) is 1.34. The molecule has 0 radical (unpaired) electrons. The molecule has 1 saturated carbocycles. The predicted molar refractivity (Wildman–Crippen MR) is 150 cm³/mol. The van der Waals surface area contributed by atoms with Gasteiger partial charge < -0.3 is 29.5 Å². The molecule has 6 atom stereocenters. The summed E-state index contributed by atoms with van der Waals surface area (Å²) in [5.74, 6) is -0.861. The quantitative estimate of drug-likeness (QED) is 0.551. The molecule has 1 aromatic carbocycles. The number of alkyl carbamates (subject to hydrolysis) is 1. The summed E-state index contributed by atoms with van der Waals surface area (Å²) in [6, 6.07) is 3.37. The van der Waals surface area contributed by atoms with Gasteiger partial charge in [0.1, 0.15) is 35.7 Å². The molecular weight excluding hydrogens is 528 g/mol. The van der Waals surface area contributed by atoms with Crippen molar-refractivity contribution in [2.45, 2.75) is 90.5 Å². The first-order valence-electron chi connectivity index (χ1n) is 14.5. The van der Waals surface area contributed by atoms with E-state index in [-0.39, 0.29) is 12.6 Å². The van der Waals surface area contributed by atoms with Gasteiger partial charge >= 0.3 is 12.1 Å². The third kappa shape index (κ3) is 6.18. The molecule has 2 amide bonds. The number of amides is 2. The number of nitrogens with zero attached hydrogens (tertiary/aromatic N) is 3. The number of aryl methyl sites for hydroxylation is 1. The van der Waals surface area contributed by atoms with Gasteiger partial charge in [0, 0.05) is 12.0 Å². The maximum Gasteiger partial charge on any atom is 0.408 e. The molecule has 2 aliphatic heterocycles. The second-order valence-electron chi connectivity index (χ2n) is 12.6. The zero-order chi connectivity index (χ0) is 29.5. The Morgan fingerprint density at radius 1 is 1.10 bits per heavy atom. The van der Waals surface area contributed by atoms with Gasteiger partial charge in [0.2, 0.25) is 11.8 Å². The number of ether oxygens (including phenoxy) is 3. The minimum Gasteiger partial charge on any atom is -0.497 e. The predicted octanol–water partition coefficient (Wildman–Crippen LogP) is 3.96. The molecule has 2 fully saturated rings. The van der Waals surface area contributed by atoms with Crippen LogP contribution in [0.15, 0.2) is 18.2 Å². The molecule has 2 bridgehead atoms. The molecule has 3 aliphatic rings. The molecule has 41 heavy (non-hydrogen) atoms. The van der Waals surface area contributed by atoms with Gasteiger partial charge in [-0.05, 0) is 49.1 Å². The van der Waals surface area contributed by atoms with Gasteiger partial charge in [0.15, 0.2) is 0 Å². The number of hydrogen-bond acceptors (Lipinski definition) is 8. The fourth-order valence-corrected chi connectivity index (χ4v) is 5.92. The van der Waals surface area contributed by atoms with Crippen molar-refractivity contribution in [2.24, 2.45) is 17.3 Å². The smallest absolute Gasteiger partial charge is 0.408 e. The van der Waals surface area contributed by atoms with Gasteiger partial charge in [-0.2, -0.15) is 0 Å². The third-order valence-electron chi connectivity index (χ3n) is 8.48. The van der Waals surface area contributed by atoms with Crippen LogP contribution in [0.4, 0.5) is 4.79 Å². The minimum absolute atomic E-state index is 0.0300. The lowest BCUT2D eigenvalue weighted by molar-refractivity contribution is -0.151. The normalized spacial score (nSPS) is 29.2. The van der Waals surface area contributed by atoms with Crippen molar-refractivity contribution in [3.8, 4) is 11.6 Å². The molecule has 11 nitrogen and oxygen atoms in total. The van der Waals surface area contributed by atoms with E-state index < -0.39 is 47.5 Å². The van der Waals surface area contributed by atoms with Crippen LogP contribution >= 0.6 is 0 Å². The maximum atomic E-state index is 13.9. The van der Waals surface area contributed by atoms with Gasteiger partial charge in [-0.15, -0.1) is 0 Å². The highest BCUT2D eigenvalue weighted by molar-refractivity contribution is 5.90. The molecule has 1 aromatic heterocycles. The van der Waals surface area contributed by atoms with Gasteiger partial charge in [-0.25, -0.2) is 19.6 Å². The second kappa shape index (κ2) is 11.3. The lowest BCUT2D eigenvalue weighted by atomic mass is 9.85. The molecule has 11 heteroatoms. The van der Waals surface area contributed by atoms with E-state index in [9.17, 15) is 19.5 Å². The monoisotopic (exact) mass is 568 g/mol. The Balaban J connectivity index is 1.51. The van der Waals surface area contributed by atoms with Gasteiger partial charge in [0.25, 0.3) is 0 Å². The summed E-state index contributed by atoms with van der Waals surface area (Å²) in [7, 11) is 1.58. The summed E-state index contributed by atoms with van der Waals surface area (Å²) in [6.45, 7) is 7.28. The topological polar surface area (TPSA) is 140 Å². The molecule has 1 aliphatic carbocycles. The number of carboxylic acid groups (broad SMARTS) is 1. The summed E-state index contributed by atoms with van der Waals surface area (Å²) < 4.78 is 17.4. The molecule has 0 spiro atoms. The van der Waals surface area contributed by atoms with E-state index in [0.717, 1.165) is 37.6 Å². The SMILES string of the molecule is COc1ccc2nc3c(nc2c1)O[C@H]1CN(C(=O)[C@H](C(C)(C)C)NC(=O)O[C@@H]2C[C@H]2CCCCC3)[C@H](C(=O)O)[C@@H]1C. The van der Waals surface area contributed by atoms with Crippen LogP contribution in [0.1, 0.15) is 65.5 Å². The van der Waals surface area contributed by atoms with Gasteiger partial charge in [-0.3, -0.25) is 4.79 Å². The zero-order valence-electron chi connectivity index (χ0n) is 24.4. The Hall–Kier alpha value is -3.63. The lowest BCUT2D eigenvalue weighted by Crippen LogP contribution is -2.57. The summed E-state index contributed by atoms with van der Waals surface area (Å²) >= 11 is 0. The number of hydrogen-bond donors (Lipinski definition) is 2. The molecule has 5 rings (SSSR count). The number of rotatable bonds is 2. The molecule has 0 unspecified atom stereocenters. The van der Waals surface area contributed by atoms with E-state index in [0.29, 0.717) is 35.2 Å². The number of fused-ring (bicyclic) bond motifs is 5. The van der Waals surface area contributed by atoms with Crippen LogP contribution in [0, 0.1) is 17.3 Å². The van der Waals surface area contributed by atoms with E-state index >= 15 is 0 Å². The first-order valence-corrected chi connectivity index (χ1v) is 14.5. The zero-order valence-corrected chi connectivity index (χ0v) is 24.4. The molecule has 2 aromatic rings. The first kappa shape index (κ1) is 28.9. The number of benzene rings is 1. The van der Waals surface area contributed by atoms with Crippen LogP contribution in [0.25, 0.3) is 11.0 Å². The van der Waals surface area contributed by atoms with E-state index in [1.807, 2.05) is 32.9 Å². The Morgan fingerprint density at radius 2 is 1.88 bits per heavy atom. The van der Waals surface area contributed by atoms with Crippen molar-refractivity contribution in [1.82, 2.24) is 20.2 Å². The molecule has 222 valence electrons. The van der Waals surface area contributed by atoms with Crippen LogP contribution < -0.4 is 14.8 Å². The lowest BCUT2D eigenvalue weighted by Gasteiger charge is -2.34. The number of carboxylic acids is 1. The van der Waals surface area contributed by atoms with Crippen molar-refractivity contribution in [3.63, 3.8) is 0 Å². The fraction of sp³-hybridized carbons (Fsp3) is 0.633. The summed E-state index contributed by atoms with van der Waals surface area (Å²) in [5, 5.41) is 12.9.